The Morgan fingerprint density at radius 2 is 1.63 bits per heavy atom. The second-order valence-electron chi connectivity index (χ2n) is 8.39. The van der Waals surface area contributed by atoms with E-state index in [1.54, 1.807) is 33.1 Å². The van der Waals surface area contributed by atoms with Crippen molar-refractivity contribution < 1.29 is 32.7 Å². The minimum absolute atomic E-state index is 0.148. The molecule has 0 saturated heterocycles. The average Bonchev–Trinajstić information content (AvgIpc) is 3.37. The molecule has 4 aromatic rings. The Kier molecular flexibility index (Phi) is 7.83. The molecule has 0 aliphatic rings. The van der Waals surface area contributed by atoms with Crippen LogP contribution in [0.15, 0.2) is 77.2 Å². The number of hydrogen-bond acceptors (Lipinski definition) is 6. The van der Waals surface area contributed by atoms with Crippen LogP contribution in [0.25, 0.3) is 10.8 Å². The molecule has 0 fully saturated rings. The number of urea groups is 1. The zero-order valence-corrected chi connectivity index (χ0v) is 20.9. The third kappa shape index (κ3) is 6.23. The largest absolute Gasteiger partial charge is 0.497 e. The number of benzene rings is 3. The van der Waals surface area contributed by atoms with E-state index in [9.17, 15) is 14.0 Å². The second-order valence-corrected chi connectivity index (χ2v) is 8.39. The molecular weight excluding hydrogens is 491 g/mol. The number of hydroxylamine groups is 2. The molecule has 1 unspecified atom stereocenters. The smallest absolute Gasteiger partial charge is 0.349 e. The molecule has 2 amide bonds. The highest BCUT2D eigenvalue weighted by Crippen LogP contribution is 2.26. The summed E-state index contributed by atoms with van der Waals surface area (Å²) in [4.78, 5) is 30.2. The van der Waals surface area contributed by atoms with Crippen LogP contribution in [0.5, 0.6) is 17.4 Å². The number of nitrogens with zero attached hydrogens (tertiary/aromatic N) is 1. The van der Waals surface area contributed by atoms with E-state index in [4.69, 9.17) is 24.5 Å². The van der Waals surface area contributed by atoms with E-state index in [2.05, 4.69) is 11.8 Å². The molecule has 1 heterocycles. The molecule has 38 heavy (non-hydrogen) atoms. The number of ether oxygens (including phenoxy) is 2. The van der Waals surface area contributed by atoms with Crippen molar-refractivity contribution in [1.82, 2.24) is 5.06 Å². The van der Waals surface area contributed by atoms with Crippen LogP contribution in [0.1, 0.15) is 31.1 Å². The lowest BCUT2D eigenvalue weighted by Gasteiger charge is -2.23. The van der Waals surface area contributed by atoms with E-state index in [1.165, 1.54) is 24.3 Å². The van der Waals surface area contributed by atoms with Gasteiger partial charge in [-0.15, -0.1) is 5.06 Å². The summed E-state index contributed by atoms with van der Waals surface area (Å²) in [5, 5.41) is 2.60. The fourth-order valence-electron chi connectivity index (χ4n) is 3.56. The highest BCUT2D eigenvalue weighted by atomic mass is 19.1. The number of fused-ring (bicyclic) bond motifs is 1. The van der Waals surface area contributed by atoms with Gasteiger partial charge in [0.1, 0.15) is 23.4 Å². The SMILES string of the molecule is COc1ccc2cc([C@H](C)C(=O)ON(C(N)=O)C(C)C#Cc3ccc(Oc4ccc(F)cc4)o3)ccc2c1. The molecule has 194 valence electrons. The summed E-state index contributed by atoms with van der Waals surface area (Å²) in [6.45, 7) is 3.23. The van der Waals surface area contributed by atoms with E-state index < -0.39 is 24.0 Å². The minimum Gasteiger partial charge on any atom is -0.497 e. The zero-order valence-electron chi connectivity index (χ0n) is 20.9. The molecule has 2 atom stereocenters. The Hall–Kier alpha value is -4.97. The molecule has 0 aliphatic heterocycles. The maximum Gasteiger partial charge on any atom is 0.349 e. The van der Waals surface area contributed by atoms with E-state index in [1.807, 2.05) is 36.4 Å². The first-order valence-electron chi connectivity index (χ1n) is 11.7. The van der Waals surface area contributed by atoms with Crippen molar-refractivity contribution in [2.24, 2.45) is 5.73 Å². The van der Waals surface area contributed by atoms with E-state index >= 15 is 0 Å². The Morgan fingerprint density at radius 1 is 0.947 bits per heavy atom. The molecule has 0 radical (unpaired) electrons. The summed E-state index contributed by atoms with van der Waals surface area (Å²) in [7, 11) is 1.60. The maximum absolute atomic E-state index is 13.0. The molecule has 8 nitrogen and oxygen atoms in total. The first-order valence-corrected chi connectivity index (χ1v) is 11.7. The van der Waals surface area contributed by atoms with Crippen LogP contribution in [0.2, 0.25) is 0 Å². The van der Waals surface area contributed by atoms with Gasteiger partial charge in [0, 0.05) is 6.07 Å². The Morgan fingerprint density at radius 3 is 2.34 bits per heavy atom. The van der Waals surface area contributed by atoms with Gasteiger partial charge in [0.2, 0.25) is 0 Å². The number of nitrogens with two attached hydrogens (primary N) is 1. The van der Waals surface area contributed by atoms with Crippen LogP contribution in [0.3, 0.4) is 0 Å². The average molecular weight is 517 g/mol. The fourth-order valence-corrected chi connectivity index (χ4v) is 3.56. The van der Waals surface area contributed by atoms with Gasteiger partial charge in [-0.3, -0.25) is 0 Å². The second kappa shape index (κ2) is 11.4. The first-order chi connectivity index (χ1) is 18.2. The summed E-state index contributed by atoms with van der Waals surface area (Å²) in [5.74, 6) is 5.30. The third-order valence-electron chi connectivity index (χ3n) is 5.70. The molecule has 2 N–H and O–H groups in total. The molecule has 1 aromatic heterocycles. The van der Waals surface area contributed by atoms with Gasteiger partial charge in [-0.25, -0.2) is 14.0 Å². The molecule has 0 bridgehead atoms. The fraction of sp³-hybridized carbons (Fsp3) is 0.172. The Balaban J connectivity index is 1.42. The molecule has 9 heteroatoms. The van der Waals surface area contributed by atoms with Gasteiger partial charge in [-0.05, 0) is 78.6 Å². The van der Waals surface area contributed by atoms with Crippen molar-refractivity contribution in [3.8, 4) is 29.3 Å². The van der Waals surface area contributed by atoms with Gasteiger partial charge in [0.15, 0.2) is 5.76 Å². The van der Waals surface area contributed by atoms with Crippen molar-refractivity contribution in [3.05, 3.63) is 89.9 Å². The lowest BCUT2D eigenvalue weighted by atomic mass is 9.98. The Bertz CT molecular complexity index is 1520. The van der Waals surface area contributed by atoms with Gasteiger partial charge in [0.05, 0.1) is 13.0 Å². The maximum atomic E-state index is 13.0. The highest BCUT2D eigenvalue weighted by molar-refractivity contribution is 5.87. The van der Waals surface area contributed by atoms with Gasteiger partial charge < -0.3 is 24.5 Å². The van der Waals surface area contributed by atoms with Crippen LogP contribution in [0, 0.1) is 17.7 Å². The van der Waals surface area contributed by atoms with E-state index in [0.29, 0.717) is 11.3 Å². The number of furan rings is 1. The van der Waals surface area contributed by atoms with Crippen molar-refractivity contribution >= 4 is 22.8 Å². The normalized spacial score (nSPS) is 12.1. The number of carbonyl (C=O) groups is 2. The van der Waals surface area contributed by atoms with Crippen LogP contribution >= 0.6 is 0 Å². The lowest BCUT2D eigenvalue weighted by Crippen LogP contribution is -2.43. The predicted octanol–water partition coefficient (Wildman–Crippen LogP) is 5.76. The van der Waals surface area contributed by atoms with Gasteiger partial charge in [0.25, 0.3) is 5.95 Å². The van der Waals surface area contributed by atoms with Crippen molar-refractivity contribution in [1.29, 1.82) is 0 Å². The number of halogens is 1. The molecular formula is C29H25FN2O6. The minimum atomic E-state index is -0.974. The summed E-state index contributed by atoms with van der Waals surface area (Å²) >= 11 is 0. The van der Waals surface area contributed by atoms with Crippen molar-refractivity contribution in [2.45, 2.75) is 25.8 Å². The summed E-state index contributed by atoms with van der Waals surface area (Å²) in [6, 6.07) is 17.9. The zero-order chi connectivity index (χ0) is 27.2. The molecule has 0 aliphatic carbocycles. The van der Waals surface area contributed by atoms with Gasteiger partial charge in [-0.1, -0.05) is 30.2 Å². The van der Waals surface area contributed by atoms with Crippen molar-refractivity contribution in [2.75, 3.05) is 7.11 Å². The number of rotatable bonds is 6. The number of amides is 2. The third-order valence-corrected chi connectivity index (χ3v) is 5.70. The number of methoxy groups -OCH3 is 1. The number of carbonyl (C=O) groups excluding carboxylic acids is 2. The monoisotopic (exact) mass is 516 g/mol. The molecule has 4 rings (SSSR count). The van der Waals surface area contributed by atoms with Gasteiger partial charge >= 0.3 is 12.0 Å². The van der Waals surface area contributed by atoms with E-state index in [-0.39, 0.29) is 17.5 Å². The molecule has 0 saturated carbocycles. The quantitative estimate of drug-likeness (QED) is 0.258. The van der Waals surface area contributed by atoms with Crippen LogP contribution in [0.4, 0.5) is 9.18 Å². The van der Waals surface area contributed by atoms with Crippen molar-refractivity contribution in [3.63, 3.8) is 0 Å². The van der Waals surface area contributed by atoms with Crippen LogP contribution in [-0.2, 0) is 9.63 Å². The topological polar surface area (TPSA) is 104 Å². The molecule has 3 aromatic carbocycles. The predicted molar refractivity (Wildman–Crippen MR) is 138 cm³/mol. The van der Waals surface area contributed by atoms with E-state index in [0.717, 1.165) is 21.6 Å². The van der Waals surface area contributed by atoms with Gasteiger partial charge in [-0.2, -0.15) is 0 Å². The first kappa shape index (κ1) is 26.1. The molecule has 0 spiro atoms. The Labute approximate surface area is 218 Å². The van der Waals surface area contributed by atoms with Crippen LogP contribution < -0.4 is 15.2 Å². The summed E-state index contributed by atoms with van der Waals surface area (Å²) in [6.07, 6.45) is 0. The summed E-state index contributed by atoms with van der Waals surface area (Å²) < 4.78 is 29.3. The lowest BCUT2D eigenvalue weighted by molar-refractivity contribution is -0.181. The number of hydrogen-bond donors (Lipinski definition) is 1. The standard InChI is InChI=1S/C29H25FN2O6/c1-18(4-10-24-14-15-27(36-24)37-25-12-8-23(30)9-13-25)32(29(31)34)38-28(33)19(2)20-5-6-22-17-26(35-3)11-7-21(22)16-20/h5-9,11-19H,1-3H3,(H2,31,34)/t18?,19-/m0/s1. The summed E-state index contributed by atoms with van der Waals surface area (Å²) in [5.41, 5.74) is 6.16. The van der Waals surface area contributed by atoms with Crippen LogP contribution in [-0.4, -0.2) is 30.2 Å². The number of primary amides is 1. The highest BCUT2D eigenvalue weighted by Gasteiger charge is 2.26.